The Balaban J connectivity index is 1.38. The number of nitrogens with one attached hydrogen (secondary N) is 1. The largest absolute Gasteiger partial charge is 0.497 e. The minimum absolute atomic E-state index is 0.185. The average molecular weight is 429 g/mol. The minimum atomic E-state index is -0.185. The predicted molar refractivity (Wildman–Crippen MR) is 121 cm³/mol. The fraction of sp³-hybridized carbons (Fsp3) is 0.160. The van der Waals surface area contributed by atoms with Crippen LogP contribution in [-0.2, 0) is 11.2 Å². The third-order valence-electron chi connectivity index (χ3n) is 4.76. The molecule has 0 saturated heterocycles. The molecule has 2 aromatic heterocycles. The average Bonchev–Trinajstić information content (AvgIpc) is 3.20. The van der Waals surface area contributed by atoms with Crippen LogP contribution in [-0.4, -0.2) is 23.0 Å². The van der Waals surface area contributed by atoms with Gasteiger partial charge in [-0.3, -0.25) is 4.79 Å². The number of methoxy groups -OCH3 is 1. The molecule has 0 unspecified atom stereocenters. The molecule has 32 heavy (non-hydrogen) atoms. The molecule has 0 aliphatic heterocycles. The summed E-state index contributed by atoms with van der Waals surface area (Å²) in [4.78, 5) is 21.3. The van der Waals surface area contributed by atoms with Crippen LogP contribution < -0.4 is 14.8 Å². The van der Waals surface area contributed by atoms with E-state index in [0.717, 1.165) is 22.8 Å². The van der Waals surface area contributed by atoms with Crippen molar-refractivity contribution in [2.24, 2.45) is 0 Å². The van der Waals surface area contributed by atoms with Crippen LogP contribution >= 0.6 is 0 Å². The van der Waals surface area contributed by atoms with Crippen molar-refractivity contribution < 1.29 is 18.7 Å². The monoisotopic (exact) mass is 429 g/mol. The first-order valence-electron chi connectivity index (χ1n) is 10.2. The summed E-state index contributed by atoms with van der Waals surface area (Å²) in [6.45, 7) is 1.90. The third-order valence-corrected chi connectivity index (χ3v) is 4.76. The van der Waals surface area contributed by atoms with E-state index < -0.39 is 0 Å². The SMILES string of the molecule is COc1ccc(Oc2ncccc2NC(=O)CCc2nc(C)c(-c3ccccc3)o2)cc1. The van der Waals surface area contributed by atoms with Crippen LogP contribution in [0.25, 0.3) is 11.3 Å². The van der Waals surface area contributed by atoms with Crippen LogP contribution in [0.3, 0.4) is 0 Å². The van der Waals surface area contributed by atoms with Crippen LogP contribution in [0.1, 0.15) is 18.0 Å². The summed E-state index contributed by atoms with van der Waals surface area (Å²) in [7, 11) is 1.60. The molecular formula is C25H23N3O4. The first kappa shape index (κ1) is 21.1. The summed E-state index contributed by atoms with van der Waals surface area (Å²) in [5, 5.41) is 2.86. The number of nitrogens with zero attached hydrogens (tertiary/aromatic N) is 2. The Bertz CT molecular complexity index is 1190. The zero-order valence-electron chi connectivity index (χ0n) is 17.9. The summed E-state index contributed by atoms with van der Waals surface area (Å²) < 4.78 is 16.9. The van der Waals surface area contributed by atoms with Gasteiger partial charge in [-0.25, -0.2) is 9.97 Å². The van der Waals surface area contributed by atoms with E-state index in [1.54, 1.807) is 49.7 Å². The Kier molecular flexibility index (Phi) is 6.46. The molecular weight excluding hydrogens is 406 g/mol. The number of benzene rings is 2. The van der Waals surface area contributed by atoms with Crippen molar-refractivity contribution in [2.45, 2.75) is 19.8 Å². The first-order valence-corrected chi connectivity index (χ1v) is 10.2. The predicted octanol–water partition coefficient (Wildman–Crippen LogP) is 5.42. The number of aryl methyl sites for hydroxylation is 2. The number of anilines is 1. The van der Waals surface area contributed by atoms with Crippen molar-refractivity contribution in [3.8, 4) is 28.7 Å². The van der Waals surface area contributed by atoms with Crippen molar-refractivity contribution in [3.05, 3.63) is 84.5 Å². The van der Waals surface area contributed by atoms with Crippen molar-refractivity contribution >= 4 is 11.6 Å². The topological polar surface area (TPSA) is 86.5 Å². The maximum atomic E-state index is 12.6. The van der Waals surface area contributed by atoms with Gasteiger partial charge >= 0.3 is 0 Å². The zero-order valence-corrected chi connectivity index (χ0v) is 17.9. The van der Waals surface area contributed by atoms with Crippen LogP contribution in [0.4, 0.5) is 5.69 Å². The Hall–Kier alpha value is -4.13. The number of ether oxygens (including phenoxy) is 2. The van der Waals surface area contributed by atoms with E-state index in [-0.39, 0.29) is 12.3 Å². The van der Waals surface area contributed by atoms with Crippen molar-refractivity contribution in [2.75, 3.05) is 12.4 Å². The maximum Gasteiger partial charge on any atom is 0.243 e. The summed E-state index contributed by atoms with van der Waals surface area (Å²) >= 11 is 0. The number of amides is 1. The quantitative estimate of drug-likeness (QED) is 0.403. The molecule has 1 N–H and O–H groups in total. The molecule has 0 aliphatic rings. The lowest BCUT2D eigenvalue weighted by Crippen LogP contribution is -2.13. The van der Waals surface area contributed by atoms with Gasteiger partial charge in [-0.2, -0.15) is 0 Å². The molecule has 162 valence electrons. The van der Waals surface area contributed by atoms with Crippen LogP contribution in [0.5, 0.6) is 17.4 Å². The molecule has 0 atom stereocenters. The Morgan fingerprint density at radius 3 is 2.50 bits per heavy atom. The maximum absolute atomic E-state index is 12.6. The highest BCUT2D eigenvalue weighted by Gasteiger charge is 2.14. The van der Waals surface area contributed by atoms with E-state index in [9.17, 15) is 4.79 Å². The van der Waals surface area contributed by atoms with Crippen molar-refractivity contribution in [1.29, 1.82) is 0 Å². The molecule has 1 amide bonds. The normalized spacial score (nSPS) is 10.6. The molecule has 4 rings (SSSR count). The van der Waals surface area contributed by atoms with E-state index >= 15 is 0 Å². The zero-order chi connectivity index (χ0) is 22.3. The second kappa shape index (κ2) is 9.78. The van der Waals surface area contributed by atoms with Gasteiger partial charge in [0.2, 0.25) is 11.8 Å². The molecule has 4 aromatic rings. The molecule has 7 heteroatoms. The van der Waals surface area contributed by atoms with Crippen LogP contribution in [0.15, 0.2) is 77.3 Å². The van der Waals surface area contributed by atoms with Gasteiger partial charge in [-0.15, -0.1) is 0 Å². The summed E-state index contributed by atoms with van der Waals surface area (Å²) in [5.41, 5.74) is 2.25. The van der Waals surface area contributed by atoms with Gasteiger partial charge < -0.3 is 19.2 Å². The molecule has 0 saturated carbocycles. The molecule has 0 fully saturated rings. The smallest absolute Gasteiger partial charge is 0.243 e. The molecule has 7 nitrogen and oxygen atoms in total. The number of hydrogen-bond donors (Lipinski definition) is 1. The Morgan fingerprint density at radius 2 is 1.75 bits per heavy atom. The first-order chi connectivity index (χ1) is 15.6. The second-order valence-corrected chi connectivity index (χ2v) is 7.07. The third kappa shape index (κ3) is 5.13. The molecule has 0 aliphatic carbocycles. The van der Waals surface area contributed by atoms with Gasteiger partial charge in [0.05, 0.1) is 12.8 Å². The number of oxazole rings is 1. The molecule has 2 heterocycles. The van der Waals surface area contributed by atoms with Crippen LogP contribution in [0.2, 0.25) is 0 Å². The van der Waals surface area contributed by atoms with Gasteiger partial charge in [0, 0.05) is 24.6 Å². The highest BCUT2D eigenvalue weighted by atomic mass is 16.5. The molecule has 0 radical (unpaired) electrons. The van der Waals surface area contributed by atoms with Gasteiger partial charge in [-0.1, -0.05) is 30.3 Å². The Morgan fingerprint density at radius 1 is 1.00 bits per heavy atom. The van der Waals surface area contributed by atoms with Gasteiger partial charge in [0.15, 0.2) is 11.7 Å². The van der Waals surface area contributed by atoms with Gasteiger partial charge in [-0.05, 0) is 43.3 Å². The number of pyridine rings is 1. The highest BCUT2D eigenvalue weighted by Crippen LogP contribution is 2.28. The van der Waals surface area contributed by atoms with E-state index in [1.807, 2.05) is 37.3 Å². The van der Waals surface area contributed by atoms with E-state index in [0.29, 0.717) is 29.6 Å². The van der Waals surface area contributed by atoms with Gasteiger partial charge in [0.1, 0.15) is 17.2 Å². The highest BCUT2D eigenvalue weighted by molar-refractivity contribution is 5.92. The van der Waals surface area contributed by atoms with E-state index in [2.05, 4.69) is 15.3 Å². The lowest BCUT2D eigenvalue weighted by molar-refractivity contribution is -0.116. The van der Waals surface area contributed by atoms with Crippen LogP contribution in [0, 0.1) is 6.92 Å². The summed E-state index contributed by atoms with van der Waals surface area (Å²) in [5.74, 6) is 2.69. The fourth-order valence-corrected chi connectivity index (χ4v) is 3.17. The number of carbonyl (C=O) groups is 1. The number of aromatic nitrogens is 2. The number of carbonyl (C=O) groups excluding carboxylic acids is 1. The van der Waals surface area contributed by atoms with Crippen molar-refractivity contribution in [3.63, 3.8) is 0 Å². The van der Waals surface area contributed by atoms with E-state index in [4.69, 9.17) is 13.9 Å². The molecule has 2 aromatic carbocycles. The molecule has 0 bridgehead atoms. The summed E-state index contributed by atoms with van der Waals surface area (Å²) in [6.07, 6.45) is 2.20. The number of rotatable bonds is 8. The van der Waals surface area contributed by atoms with Gasteiger partial charge in [0.25, 0.3) is 0 Å². The minimum Gasteiger partial charge on any atom is -0.497 e. The number of hydrogen-bond acceptors (Lipinski definition) is 6. The van der Waals surface area contributed by atoms with E-state index in [1.165, 1.54) is 0 Å². The summed E-state index contributed by atoms with van der Waals surface area (Å²) in [6, 6.07) is 20.4. The van der Waals surface area contributed by atoms with Crippen molar-refractivity contribution in [1.82, 2.24) is 9.97 Å². The Labute approximate surface area is 186 Å². The molecule has 0 spiro atoms. The lowest BCUT2D eigenvalue weighted by atomic mass is 10.1. The lowest BCUT2D eigenvalue weighted by Gasteiger charge is -2.11. The fourth-order valence-electron chi connectivity index (χ4n) is 3.17. The standard InChI is InChI=1S/C25H23N3O4/c1-17-24(18-7-4-3-5-8-18)32-23(27-17)15-14-22(29)28-21-9-6-16-26-25(21)31-20-12-10-19(30-2)11-13-20/h3-13,16H,14-15H2,1-2H3,(H,28,29). The second-order valence-electron chi connectivity index (χ2n) is 7.07.